The van der Waals surface area contributed by atoms with Gasteiger partial charge in [0.15, 0.2) is 0 Å². The number of benzene rings is 2. The summed E-state index contributed by atoms with van der Waals surface area (Å²) in [6.45, 7) is 0.828. The summed E-state index contributed by atoms with van der Waals surface area (Å²) in [7, 11) is 0. The van der Waals surface area contributed by atoms with E-state index in [0.717, 1.165) is 33.3 Å². The Morgan fingerprint density at radius 2 is 1.89 bits per heavy atom. The van der Waals surface area contributed by atoms with Crippen LogP contribution in [0.2, 0.25) is 0 Å². The van der Waals surface area contributed by atoms with Crippen molar-refractivity contribution in [2.75, 3.05) is 0 Å². The Balaban J connectivity index is 1.45. The van der Waals surface area contributed by atoms with Gasteiger partial charge in [0.05, 0.1) is 11.2 Å². The SMILES string of the molecule is OC1c2cccnc2CN1Cc1ccc(-c2ccnc3ccccc23)cc1F. The highest BCUT2D eigenvalue weighted by atomic mass is 19.1. The molecule has 0 bridgehead atoms. The van der Waals surface area contributed by atoms with Crippen molar-refractivity contribution in [3.63, 3.8) is 0 Å². The van der Waals surface area contributed by atoms with Gasteiger partial charge in [-0.3, -0.25) is 14.9 Å². The number of pyridine rings is 2. The van der Waals surface area contributed by atoms with Crippen molar-refractivity contribution in [1.29, 1.82) is 0 Å². The Morgan fingerprint density at radius 3 is 2.75 bits per heavy atom. The molecule has 138 valence electrons. The highest BCUT2D eigenvalue weighted by molar-refractivity contribution is 5.94. The zero-order valence-electron chi connectivity index (χ0n) is 15.1. The Morgan fingerprint density at radius 1 is 1.00 bits per heavy atom. The molecule has 0 spiro atoms. The molecule has 28 heavy (non-hydrogen) atoms. The molecular weight excluding hydrogens is 353 g/mol. The smallest absolute Gasteiger partial charge is 0.136 e. The predicted molar refractivity (Wildman–Crippen MR) is 106 cm³/mol. The van der Waals surface area contributed by atoms with E-state index in [1.807, 2.05) is 47.4 Å². The van der Waals surface area contributed by atoms with E-state index in [4.69, 9.17) is 0 Å². The maximum atomic E-state index is 14.9. The van der Waals surface area contributed by atoms with Crippen molar-refractivity contribution < 1.29 is 9.50 Å². The minimum Gasteiger partial charge on any atom is -0.374 e. The summed E-state index contributed by atoms with van der Waals surface area (Å²) >= 11 is 0. The van der Waals surface area contributed by atoms with Crippen LogP contribution >= 0.6 is 0 Å². The second-order valence-corrected chi connectivity index (χ2v) is 7.00. The predicted octanol–water partition coefficient (Wildman–Crippen LogP) is 4.44. The van der Waals surface area contributed by atoms with Gasteiger partial charge in [0.2, 0.25) is 0 Å². The lowest BCUT2D eigenvalue weighted by Crippen LogP contribution is -2.22. The number of hydrogen-bond donors (Lipinski definition) is 1. The second-order valence-electron chi connectivity index (χ2n) is 7.00. The van der Waals surface area contributed by atoms with Crippen LogP contribution in [-0.4, -0.2) is 20.0 Å². The third-order valence-corrected chi connectivity index (χ3v) is 5.29. The van der Waals surface area contributed by atoms with Gasteiger partial charge in [0.1, 0.15) is 12.0 Å². The van der Waals surface area contributed by atoms with Gasteiger partial charge in [-0.25, -0.2) is 4.39 Å². The number of fused-ring (bicyclic) bond motifs is 2. The van der Waals surface area contributed by atoms with Crippen LogP contribution in [0.3, 0.4) is 0 Å². The number of rotatable bonds is 3. The highest BCUT2D eigenvalue weighted by Crippen LogP contribution is 2.33. The minimum absolute atomic E-state index is 0.283. The summed E-state index contributed by atoms with van der Waals surface area (Å²) in [6.07, 6.45) is 2.70. The molecule has 5 rings (SSSR count). The van der Waals surface area contributed by atoms with Crippen molar-refractivity contribution >= 4 is 10.9 Å². The topological polar surface area (TPSA) is 49.3 Å². The van der Waals surface area contributed by atoms with Crippen molar-refractivity contribution in [3.8, 4) is 11.1 Å². The Bertz CT molecular complexity index is 1170. The molecule has 4 aromatic rings. The van der Waals surface area contributed by atoms with Crippen molar-refractivity contribution in [2.45, 2.75) is 19.3 Å². The Hall–Kier alpha value is -3.15. The molecule has 0 saturated heterocycles. The van der Waals surface area contributed by atoms with E-state index in [-0.39, 0.29) is 5.82 Å². The average Bonchev–Trinajstić information content (AvgIpc) is 3.05. The van der Waals surface area contributed by atoms with Gasteiger partial charge >= 0.3 is 0 Å². The average molecular weight is 371 g/mol. The summed E-state index contributed by atoms with van der Waals surface area (Å²) < 4.78 is 14.9. The summed E-state index contributed by atoms with van der Waals surface area (Å²) in [6, 6.07) is 18.7. The lowest BCUT2D eigenvalue weighted by atomic mass is 10.00. The number of nitrogens with zero attached hydrogens (tertiary/aromatic N) is 3. The summed E-state index contributed by atoms with van der Waals surface area (Å²) in [5.41, 5.74) is 4.84. The van der Waals surface area contributed by atoms with Gasteiger partial charge in [0, 0.05) is 42.0 Å². The fourth-order valence-corrected chi connectivity index (χ4v) is 3.85. The standard InChI is InChI=1S/C23H18FN3O/c24-20-12-15(17-9-11-26-21-6-2-1-4-18(17)21)7-8-16(20)13-27-14-22-19(23(27)28)5-3-10-25-22/h1-12,23,28H,13-14H2. The largest absolute Gasteiger partial charge is 0.374 e. The molecule has 0 amide bonds. The van der Waals surface area contributed by atoms with Gasteiger partial charge in [-0.1, -0.05) is 36.4 Å². The number of aliphatic hydroxyl groups excluding tert-OH is 1. The fourth-order valence-electron chi connectivity index (χ4n) is 3.85. The zero-order valence-corrected chi connectivity index (χ0v) is 15.1. The summed E-state index contributed by atoms with van der Waals surface area (Å²) in [5.74, 6) is -0.283. The quantitative estimate of drug-likeness (QED) is 0.578. The lowest BCUT2D eigenvalue weighted by Gasteiger charge is -2.20. The van der Waals surface area contributed by atoms with Gasteiger partial charge in [-0.15, -0.1) is 0 Å². The summed E-state index contributed by atoms with van der Waals surface area (Å²) in [5, 5.41) is 11.5. The summed E-state index contributed by atoms with van der Waals surface area (Å²) in [4.78, 5) is 10.5. The third-order valence-electron chi connectivity index (χ3n) is 5.29. The second kappa shape index (κ2) is 6.78. The molecule has 1 unspecified atom stereocenters. The molecule has 0 aliphatic carbocycles. The number of aliphatic hydroxyl groups is 1. The first-order valence-corrected chi connectivity index (χ1v) is 9.19. The number of para-hydroxylation sites is 1. The van der Waals surface area contributed by atoms with Crippen LogP contribution < -0.4 is 0 Å². The van der Waals surface area contributed by atoms with Crippen LogP contribution in [0.25, 0.3) is 22.0 Å². The van der Waals surface area contributed by atoms with Gasteiger partial charge in [-0.05, 0) is 35.4 Å². The lowest BCUT2D eigenvalue weighted by molar-refractivity contribution is 0.00695. The Kier molecular flexibility index (Phi) is 4.11. The van der Waals surface area contributed by atoms with E-state index in [1.54, 1.807) is 30.6 Å². The normalized spacial score (nSPS) is 16.4. The molecule has 3 heterocycles. The molecule has 0 fully saturated rings. The zero-order chi connectivity index (χ0) is 19.1. The van der Waals surface area contributed by atoms with Crippen molar-refractivity contribution in [3.05, 3.63) is 95.7 Å². The molecular formula is C23H18FN3O. The number of aromatic nitrogens is 2. The molecule has 5 heteroatoms. The van der Waals surface area contributed by atoms with E-state index in [1.165, 1.54) is 0 Å². The molecule has 1 N–H and O–H groups in total. The van der Waals surface area contributed by atoms with Crippen LogP contribution in [-0.2, 0) is 13.1 Å². The molecule has 2 aromatic carbocycles. The molecule has 0 saturated carbocycles. The molecule has 2 aromatic heterocycles. The highest BCUT2D eigenvalue weighted by Gasteiger charge is 2.29. The van der Waals surface area contributed by atoms with E-state index in [9.17, 15) is 9.50 Å². The van der Waals surface area contributed by atoms with Crippen molar-refractivity contribution in [1.82, 2.24) is 14.9 Å². The molecule has 1 aliphatic heterocycles. The van der Waals surface area contributed by atoms with Gasteiger partial charge in [0.25, 0.3) is 0 Å². The van der Waals surface area contributed by atoms with Crippen LogP contribution in [0.4, 0.5) is 4.39 Å². The van der Waals surface area contributed by atoms with E-state index in [2.05, 4.69) is 9.97 Å². The first-order chi connectivity index (χ1) is 13.7. The minimum atomic E-state index is -0.757. The van der Waals surface area contributed by atoms with E-state index in [0.29, 0.717) is 18.7 Å². The van der Waals surface area contributed by atoms with Crippen LogP contribution in [0.15, 0.2) is 73.1 Å². The fraction of sp³-hybridized carbons (Fsp3) is 0.130. The van der Waals surface area contributed by atoms with Crippen LogP contribution in [0.1, 0.15) is 23.0 Å². The third kappa shape index (κ3) is 2.85. The van der Waals surface area contributed by atoms with Crippen LogP contribution in [0, 0.1) is 5.82 Å². The van der Waals surface area contributed by atoms with Crippen LogP contribution in [0.5, 0.6) is 0 Å². The number of halogens is 1. The molecule has 0 radical (unpaired) electrons. The molecule has 4 nitrogen and oxygen atoms in total. The maximum Gasteiger partial charge on any atom is 0.136 e. The molecule has 1 atom stereocenters. The first kappa shape index (κ1) is 17.0. The van der Waals surface area contributed by atoms with Gasteiger partial charge in [-0.2, -0.15) is 0 Å². The van der Waals surface area contributed by atoms with Crippen molar-refractivity contribution in [2.24, 2.45) is 0 Å². The monoisotopic (exact) mass is 371 g/mol. The van der Waals surface area contributed by atoms with E-state index < -0.39 is 6.23 Å². The van der Waals surface area contributed by atoms with E-state index >= 15 is 0 Å². The number of hydrogen-bond acceptors (Lipinski definition) is 4. The Labute approximate surface area is 161 Å². The van der Waals surface area contributed by atoms with Gasteiger partial charge < -0.3 is 5.11 Å². The molecule has 1 aliphatic rings. The maximum absolute atomic E-state index is 14.9. The first-order valence-electron chi connectivity index (χ1n) is 9.19.